The molecule has 3 aromatic rings. The third-order valence-electron chi connectivity index (χ3n) is 4.76. The third kappa shape index (κ3) is 3.98. The van der Waals surface area contributed by atoms with Crippen LogP contribution in [-0.4, -0.2) is 23.0 Å². The van der Waals surface area contributed by atoms with Gasteiger partial charge in [0.1, 0.15) is 28.1 Å². The van der Waals surface area contributed by atoms with Crippen LogP contribution in [0.25, 0.3) is 10.2 Å². The summed E-state index contributed by atoms with van der Waals surface area (Å²) in [6.45, 7) is 6.36. The fourth-order valence-electron chi connectivity index (χ4n) is 3.29. The Bertz CT molecular complexity index is 1060. The van der Waals surface area contributed by atoms with Crippen molar-refractivity contribution in [3.8, 4) is 0 Å². The molecule has 0 fully saturated rings. The number of fused-ring (bicyclic) bond motifs is 1. The first-order chi connectivity index (χ1) is 13.3. The van der Waals surface area contributed by atoms with E-state index in [9.17, 15) is 14.0 Å². The molecule has 8 heteroatoms. The molecule has 148 valence electrons. The number of thiophene rings is 1. The van der Waals surface area contributed by atoms with Gasteiger partial charge in [0.25, 0.3) is 5.56 Å². The number of carbonyl (C=O) groups excluding carboxylic acids is 1. The van der Waals surface area contributed by atoms with Crippen LogP contribution in [0, 0.1) is 18.7 Å². The molecule has 2 heterocycles. The second-order valence-electron chi connectivity index (χ2n) is 7.00. The molecule has 0 bridgehead atoms. The normalized spacial score (nSPS) is 12.5. The number of aromatic nitrogens is 2. The van der Waals surface area contributed by atoms with Crippen LogP contribution >= 0.6 is 11.3 Å². The first-order valence-corrected chi connectivity index (χ1v) is 9.82. The summed E-state index contributed by atoms with van der Waals surface area (Å²) in [6, 6.07) is 6.56. The summed E-state index contributed by atoms with van der Waals surface area (Å²) in [5.74, 6) is 0.0973. The predicted molar refractivity (Wildman–Crippen MR) is 106 cm³/mol. The van der Waals surface area contributed by atoms with Gasteiger partial charge in [-0.05, 0) is 24.6 Å². The average molecular weight is 404 g/mol. The molecule has 28 heavy (non-hydrogen) atoms. The molecule has 0 radical (unpaired) electrons. The minimum absolute atomic E-state index is 0.0947. The second-order valence-corrected chi connectivity index (χ2v) is 8.00. The smallest absolute Gasteiger partial charge is 0.348 e. The molecule has 1 aromatic carbocycles. The summed E-state index contributed by atoms with van der Waals surface area (Å²) >= 11 is 1.16. The monoisotopic (exact) mass is 404 g/mol. The van der Waals surface area contributed by atoms with E-state index in [-0.39, 0.29) is 17.4 Å². The summed E-state index contributed by atoms with van der Waals surface area (Å²) < 4.78 is 18.0. The molecular weight excluding hydrogens is 381 g/mol. The molecule has 0 saturated heterocycles. The highest BCUT2D eigenvalue weighted by Gasteiger charge is 2.22. The Hall–Kier alpha value is -2.58. The van der Waals surface area contributed by atoms with E-state index in [2.05, 4.69) is 29.1 Å². The van der Waals surface area contributed by atoms with Gasteiger partial charge in [0, 0.05) is 11.5 Å². The lowest BCUT2D eigenvalue weighted by molar-refractivity contribution is -0.718. The average Bonchev–Trinajstić information content (AvgIpc) is 2.99. The van der Waals surface area contributed by atoms with E-state index in [1.54, 1.807) is 19.1 Å². The Morgan fingerprint density at radius 1 is 1.32 bits per heavy atom. The molecule has 0 spiro atoms. The zero-order valence-corrected chi connectivity index (χ0v) is 17.0. The van der Waals surface area contributed by atoms with Gasteiger partial charge in [-0.3, -0.25) is 4.79 Å². The number of hydrogen-bond donors (Lipinski definition) is 2. The predicted octanol–water partition coefficient (Wildman–Crippen LogP) is 2.68. The molecule has 6 nitrogen and oxygen atoms in total. The third-order valence-corrected chi connectivity index (χ3v) is 5.92. The zero-order chi connectivity index (χ0) is 20.4. The van der Waals surface area contributed by atoms with Crippen LogP contribution in [0.4, 0.5) is 4.39 Å². The van der Waals surface area contributed by atoms with E-state index in [1.807, 2.05) is 0 Å². The van der Waals surface area contributed by atoms with E-state index >= 15 is 0 Å². The molecule has 3 rings (SSSR count). The van der Waals surface area contributed by atoms with Gasteiger partial charge >= 0.3 is 5.97 Å². The number of hydrogen-bond acceptors (Lipinski definition) is 5. The number of nitrogens with one attached hydrogen (secondary N) is 1. The molecule has 2 aromatic heterocycles. The topological polar surface area (TPSA) is 88.7 Å². The van der Waals surface area contributed by atoms with E-state index in [1.165, 1.54) is 19.2 Å². The molecule has 0 aliphatic carbocycles. The minimum atomic E-state index is -0.468. The first-order valence-electron chi connectivity index (χ1n) is 9.01. The molecule has 0 aliphatic rings. The van der Waals surface area contributed by atoms with Gasteiger partial charge in [0.15, 0.2) is 5.82 Å². The number of benzene rings is 1. The van der Waals surface area contributed by atoms with Crippen molar-refractivity contribution < 1.29 is 19.2 Å². The van der Waals surface area contributed by atoms with Crippen LogP contribution < -0.4 is 10.9 Å². The fraction of sp³-hybridized carbons (Fsp3) is 0.350. The Morgan fingerprint density at radius 2 is 2.00 bits per heavy atom. The van der Waals surface area contributed by atoms with Gasteiger partial charge in [-0.25, -0.2) is 14.2 Å². The summed E-state index contributed by atoms with van der Waals surface area (Å²) in [4.78, 5) is 32.7. The Labute approximate surface area is 165 Å². The van der Waals surface area contributed by atoms with Crippen LogP contribution in [0.15, 0.2) is 29.1 Å². The minimum Gasteiger partial charge on any atom is -0.465 e. The van der Waals surface area contributed by atoms with Gasteiger partial charge in [0.2, 0.25) is 0 Å². The molecular formula is C20H23FN3O3S+. The first kappa shape index (κ1) is 20.2. The van der Waals surface area contributed by atoms with E-state index in [0.717, 1.165) is 16.9 Å². The van der Waals surface area contributed by atoms with Gasteiger partial charge in [-0.1, -0.05) is 26.0 Å². The fourth-order valence-corrected chi connectivity index (χ4v) is 4.41. The Kier molecular flexibility index (Phi) is 5.90. The molecule has 1 atom stereocenters. The summed E-state index contributed by atoms with van der Waals surface area (Å²) in [7, 11) is 1.31. The summed E-state index contributed by atoms with van der Waals surface area (Å²) in [5, 5.41) is 2.50. The van der Waals surface area contributed by atoms with Crippen LogP contribution in [0.3, 0.4) is 0 Å². The SMILES string of the molecule is COC(=O)c1sc2nc(C[NH2+][C@@H](c3ccc(F)cc3)C(C)C)[nH]c(=O)c2c1C. The van der Waals surface area contributed by atoms with Crippen molar-refractivity contribution in [1.29, 1.82) is 0 Å². The Balaban J connectivity index is 1.88. The van der Waals surface area contributed by atoms with Crippen LogP contribution in [0.1, 0.15) is 46.5 Å². The van der Waals surface area contributed by atoms with E-state index in [4.69, 9.17) is 4.74 Å². The lowest BCUT2D eigenvalue weighted by Gasteiger charge is -2.19. The maximum Gasteiger partial charge on any atom is 0.348 e. The highest BCUT2D eigenvalue weighted by atomic mass is 32.1. The van der Waals surface area contributed by atoms with Crippen molar-refractivity contribution in [3.63, 3.8) is 0 Å². The van der Waals surface area contributed by atoms with Crippen LogP contribution in [0.5, 0.6) is 0 Å². The number of aromatic amines is 1. The number of halogens is 1. The zero-order valence-electron chi connectivity index (χ0n) is 16.2. The number of nitrogens with two attached hydrogens (primary N) is 1. The number of nitrogens with zero attached hydrogens (tertiary/aromatic N) is 1. The summed E-state index contributed by atoms with van der Waals surface area (Å²) in [5.41, 5.74) is 1.34. The second kappa shape index (κ2) is 8.20. The van der Waals surface area contributed by atoms with Gasteiger partial charge < -0.3 is 15.0 Å². The molecule has 0 saturated carbocycles. The number of aryl methyl sites for hydroxylation is 1. The maximum absolute atomic E-state index is 13.2. The van der Waals surface area contributed by atoms with Crippen molar-refractivity contribution in [2.45, 2.75) is 33.4 Å². The largest absolute Gasteiger partial charge is 0.465 e. The number of ether oxygens (including phenoxy) is 1. The Morgan fingerprint density at radius 3 is 2.61 bits per heavy atom. The van der Waals surface area contributed by atoms with E-state index < -0.39 is 5.97 Å². The molecule has 0 unspecified atom stereocenters. The molecule has 0 aliphatic heterocycles. The molecule has 3 N–H and O–H groups in total. The standard InChI is InChI=1S/C20H22FN3O3S/c1-10(2)16(12-5-7-13(21)8-6-12)22-9-14-23-18(25)15-11(3)17(20(26)27-4)28-19(15)24-14/h5-8,10,16,22H,9H2,1-4H3,(H,23,24,25)/p+1/t16-/m1/s1. The number of carbonyl (C=O) groups is 1. The highest BCUT2D eigenvalue weighted by molar-refractivity contribution is 7.20. The lowest BCUT2D eigenvalue weighted by atomic mass is 9.96. The maximum atomic E-state index is 13.2. The molecule has 0 amide bonds. The number of H-pyrrole nitrogens is 1. The number of quaternary nitrogens is 1. The summed E-state index contributed by atoms with van der Waals surface area (Å²) in [6.07, 6.45) is 0. The van der Waals surface area contributed by atoms with Crippen molar-refractivity contribution >= 4 is 27.5 Å². The quantitative estimate of drug-likeness (QED) is 0.618. The van der Waals surface area contributed by atoms with Crippen LogP contribution in [0.2, 0.25) is 0 Å². The van der Waals surface area contributed by atoms with Crippen molar-refractivity contribution in [3.05, 3.63) is 62.3 Å². The van der Waals surface area contributed by atoms with Gasteiger partial charge in [-0.2, -0.15) is 0 Å². The van der Waals surface area contributed by atoms with Gasteiger partial charge in [-0.15, -0.1) is 11.3 Å². The van der Waals surface area contributed by atoms with Crippen molar-refractivity contribution in [2.75, 3.05) is 7.11 Å². The van der Waals surface area contributed by atoms with Gasteiger partial charge in [0.05, 0.1) is 12.5 Å². The van der Waals surface area contributed by atoms with E-state index in [0.29, 0.717) is 38.9 Å². The van der Waals surface area contributed by atoms with Crippen LogP contribution in [-0.2, 0) is 11.3 Å². The number of esters is 1. The highest BCUT2D eigenvalue weighted by Crippen LogP contribution is 2.27. The number of rotatable bonds is 6. The van der Waals surface area contributed by atoms with Crippen molar-refractivity contribution in [1.82, 2.24) is 9.97 Å². The number of methoxy groups -OCH3 is 1. The lowest BCUT2D eigenvalue weighted by Crippen LogP contribution is -2.85. The van der Waals surface area contributed by atoms with Crippen molar-refractivity contribution in [2.24, 2.45) is 5.92 Å².